The minimum atomic E-state index is -0.929. The number of carboxylic acids is 1. The topological polar surface area (TPSA) is 71.3 Å². The summed E-state index contributed by atoms with van der Waals surface area (Å²) < 4.78 is 1.96. The van der Waals surface area contributed by atoms with Gasteiger partial charge in [0.25, 0.3) is 0 Å². The standard InChI is InChI=1S/C21H20N2O3/c1-13-12-19(21(25)26)14(2)23(13)20-7-5-4-6-18(20)16-8-10-17(11-9-16)22-15(3)24/h4-12H,1-3H3,(H,22,24)(H,25,26). The number of nitrogens with zero attached hydrogens (tertiary/aromatic N) is 1. The molecule has 0 aliphatic rings. The van der Waals surface area contributed by atoms with Crippen molar-refractivity contribution in [3.8, 4) is 16.8 Å². The summed E-state index contributed by atoms with van der Waals surface area (Å²) in [6.45, 7) is 5.18. The van der Waals surface area contributed by atoms with Gasteiger partial charge in [0.1, 0.15) is 0 Å². The van der Waals surface area contributed by atoms with Crippen molar-refractivity contribution >= 4 is 17.6 Å². The van der Waals surface area contributed by atoms with Crippen molar-refractivity contribution in [3.05, 3.63) is 71.5 Å². The van der Waals surface area contributed by atoms with Crippen molar-refractivity contribution in [3.63, 3.8) is 0 Å². The molecule has 3 aromatic rings. The van der Waals surface area contributed by atoms with Gasteiger partial charge >= 0.3 is 5.97 Å². The lowest BCUT2D eigenvalue weighted by Crippen LogP contribution is -2.05. The van der Waals surface area contributed by atoms with Gasteiger partial charge < -0.3 is 15.0 Å². The summed E-state index contributed by atoms with van der Waals surface area (Å²) in [5, 5.41) is 12.1. The van der Waals surface area contributed by atoms with Gasteiger partial charge in [0.05, 0.1) is 11.3 Å². The Labute approximate surface area is 151 Å². The number of hydrogen-bond donors (Lipinski definition) is 2. The van der Waals surface area contributed by atoms with E-state index < -0.39 is 5.97 Å². The molecule has 0 bridgehead atoms. The zero-order valence-electron chi connectivity index (χ0n) is 14.9. The van der Waals surface area contributed by atoms with Crippen LogP contribution in [0.25, 0.3) is 16.8 Å². The highest BCUT2D eigenvalue weighted by Crippen LogP contribution is 2.31. The van der Waals surface area contributed by atoms with E-state index in [2.05, 4.69) is 5.32 Å². The summed E-state index contributed by atoms with van der Waals surface area (Å²) in [4.78, 5) is 22.6. The fraction of sp³-hybridized carbons (Fsp3) is 0.143. The Hall–Kier alpha value is -3.34. The average Bonchev–Trinajstić information content (AvgIpc) is 2.90. The van der Waals surface area contributed by atoms with Crippen molar-refractivity contribution in [1.82, 2.24) is 4.57 Å². The lowest BCUT2D eigenvalue weighted by molar-refractivity contribution is -0.114. The van der Waals surface area contributed by atoms with Gasteiger partial charge in [-0.2, -0.15) is 0 Å². The summed E-state index contributed by atoms with van der Waals surface area (Å²) in [5.41, 5.74) is 5.49. The smallest absolute Gasteiger partial charge is 0.337 e. The van der Waals surface area contributed by atoms with E-state index in [1.807, 2.05) is 66.9 Å². The maximum atomic E-state index is 11.5. The first-order valence-electron chi connectivity index (χ1n) is 8.28. The molecular weight excluding hydrogens is 328 g/mol. The van der Waals surface area contributed by atoms with E-state index in [4.69, 9.17) is 0 Å². The Morgan fingerprint density at radius 2 is 1.65 bits per heavy atom. The zero-order valence-corrected chi connectivity index (χ0v) is 14.9. The van der Waals surface area contributed by atoms with Gasteiger partial charge in [0.2, 0.25) is 5.91 Å². The summed E-state index contributed by atoms with van der Waals surface area (Å²) in [6.07, 6.45) is 0. The molecule has 0 saturated carbocycles. The summed E-state index contributed by atoms with van der Waals surface area (Å²) >= 11 is 0. The third-order valence-electron chi connectivity index (χ3n) is 4.32. The molecule has 0 saturated heterocycles. The quantitative estimate of drug-likeness (QED) is 0.733. The summed E-state index contributed by atoms with van der Waals surface area (Å²) in [7, 11) is 0. The van der Waals surface area contributed by atoms with E-state index in [0.29, 0.717) is 11.3 Å². The number of nitrogens with one attached hydrogen (secondary N) is 1. The lowest BCUT2D eigenvalue weighted by Gasteiger charge is -2.15. The highest BCUT2D eigenvalue weighted by atomic mass is 16.4. The van der Waals surface area contributed by atoms with Crippen LogP contribution in [0.3, 0.4) is 0 Å². The Bertz CT molecular complexity index is 985. The van der Waals surface area contributed by atoms with E-state index >= 15 is 0 Å². The molecule has 132 valence electrons. The Morgan fingerprint density at radius 3 is 2.23 bits per heavy atom. The molecule has 0 atom stereocenters. The molecule has 1 aromatic heterocycles. The van der Waals surface area contributed by atoms with Crippen LogP contribution >= 0.6 is 0 Å². The maximum absolute atomic E-state index is 11.5. The van der Waals surface area contributed by atoms with Crippen LogP contribution in [0.5, 0.6) is 0 Å². The number of anilines is 1. The molecule has 26 heavy (non-hydrogen) atoms. The summed E-state index contributed by atoms with van der Waals surface area (Å²) in [6, 6.07) is 17.1. The molecule has 1 heterocycles. The molecule has 0 spiro atoms. The van der Waals surface area contributed by atoms with Crippen LogP contribution < -0.4 is 5.32 Å². The number of amides is 1. The van der Waals surface area contributed by atoms with E-state index in [1.165, 1.54) is 6.92 Å². The SMILES string of the molecule is CC(=O)Nc1ccc(-c2ccccc2-n2c(C)cc(C(=O)O)c2C)cc1. The largest absolute Gasteiger partial charge is 0.478 e. The van der Waals surface area contributed by atoms with E-state index in [0.717, 1.165) is 28.2 Å². The van der Waals surface area contributed by atoms with Crippen LogP contribution in [0.2, 0.25) is 0 Å². The lowest BCUT2D eigenvalue weighted by atomic mass is 10.0. The van der Waals surface area contributed by atoms with Crippen molar-refractivity contribution in [2.75, 3.05) is 5.32 Å². The Balaban J connectivity index is 2.10. The van der Waals surface area contributed by atoms with E-state index in [1.54, 1.807) is 6.07 Å². The van der Waals surface area contributed by atoms with Crippen LogP contribution in [0, 0.1) is 13.8 Å². The number of carboxylic acid groups (broad SMARTS) is 1. The fourth-order valence-corrected chi connectivity index (χ4v) is 3.20. The predicted octanol–water partition coefficient (Wildman–Crippen LogP) is 4.42. The van der Waals surface area contributed by atoms with Gasteiger partial charge in [-0.25, -0.2) is 4.79 Å². The van der Waals surface area contributed by atoms with Crippen LogP contribution in [-0.2, 0) is 4.79 Å². The molecule has 2 aromatic carbocycles. The van der Waals surface area contributed by atoms with Gasteiger partial charge in [-0.1, -0.05) is 30.3 Å². The van der Waals surface area contributed by atoms with Crippen molar-refractivity contribution in [2.24, 2.45) is 0 Å². The molecule has 1 amide bonds. The number of benzene rings is 2. The van der Waals surface area contributed by atoms with Crippen molar-refractivity contribution in [1.29, 1.82) is 0 Å². The maximum Gasteiger partial charge on any atom is 0.337 e. The second kappa shape index (κ2) is 6.88. The van der Waals surface area contributed by atoms with Crippen LogP contribution in [0.1, 0.15) is 28.7 Å². The molecule has 0 aliphatic heterocycles. The number of aromatic nitrogens is 1. The van der Waals surface area contributed by atoms with Crippen LogP contribution in [-0.4, -0.2) is 21.6 Å². The zero-order chi connectivity index (χ0) is 18.8. The minimum absolute atomic E-state index is 0.113. The van der Waals surface area contributed by atoms with Crippen LogP contribution in [0.4, 0.5) is 5.69 Å². The molecule has 5 heteroatoms. The van der Waals surface area contributed by atoms with Gasteiger partial charge in [0, 0.05) is 29.6 Å². The number of para-hydroxylation sites is 1. The molecule has 0 aliphatic carbocycles. The monoisotopic (exact) mass is 348 g/mol. The first-order chi connectivity index (χ1) is 12.4. The van der Waals surface area contributed by atoms with Gasteiger partial charge in [-0.15, -0.1) is 0 Å². The molecule has 0 fully saturated rings. The minimum Gasteiger partial charge on any atom is -0.478 e. The number of aromatic carboxylic acids is 1. The number of carbonyl (C=O) groups is 2. The highest BCUT2D eigenvalue weighted by Gasteiger charge is 2.17. The van der Waals surface area contributed by atoms with Crippen LogP contribution in [0.15, 0.2) is 54.6 Å². The first-order valence-corrected chi connectivity index (χ1v) is 8.28. The molecule has 5 nitrogen and oxygen atoms in total. The molecule has 3 rings (SSSR count). The molecule has 2 N–H and O–H groups in total. The molecule has 0 radical (unpaired) electrons. The van der Waals surface area contributed by atoms with Gasteiger partial charge in [-0.05, 0) is 43.7 Å². The third-order valence-corrected chi connectivity index (χ3v) is 4.32. The van der Waals surface area contributed by atoms with Gasteiger partial charge in [0.15, 0.2) is 0 Å². The molecular formula is C21H20N2O3. The third kappa shape index (κ3) is 3.24. The highest BCUT2D eigenvalue weighted by molar-refractivity contribution is 5.90. The summed E-state index contributed by atoms with van der Waals surface area (Å²) in [5.74, 6) is -1.04. The predicted molar refractivity (Wildman–Crippen MR) is 102 cm³/mol. The number of hydrogen-bond acceptors (Lipinski definition) is 2. The Morgan fingerprint density at radius 1 is 1.00 bits per heavy atom. The normalized spacial score (nSPS) is 10.6. The first kappa shape index (κ1) is 17.5. The molecule has 0 unspecified atom stereocenters. The second-order valence-electron chi connectivity index (χ2n) is 6.20. The van der Waals surface area contributed by atoms with Gasteiger partial charge in [-0.3, -0.25) is 4.79 Å². The number of aryl methyl sites for hydroxylation is 1. The fourth-order valence-electron chi connectivity index (χ4n) is 3.20. The van der Waals surface area contributed by atoms with Crippen molar-refractivity contribution < 1.29 is 14.7 Å². The number of rotatable bonds is 4. The van der Waals surface area contributed by atoms with Crippen molar-refractivity contribution in [2.45, 2.75) is 20.8 Å². The number of carbonyl (C=O) groups excluding carboxylic acids is 1. The second-order valence-corrected chi connectivity index (χ2v) is 6.20. The van der Waals surface area contributed by atoms with E-state index in [-0.39, 0.29) is 5.91 Å². The Kier molecular flexibility index (Phi) is 4.63. The average molecular weight is 348 g/mol. The van der Waals surface area contributed by atoms with E-state index in [9.17, 15) is 14.7 Å².